The first-order valence-electron chi connectivity index (χ1n) is 6.03. The van der Waals surface area contributed by atoms with E-state index in [1.807, 2.05) is 31.2 Å². The third-order valence-electron chi connectivity index (χ3n) is 2.59. The maximum Gasteiger partial charge on any atom is 0.220 e. The van der Waals surface area contributed by atoms with Crippen LogP contribution in [0.1, 0.15) is 18.9 Å². The van der Waals surface area contributed by atoms with Crippen molar-refractivity contribution in [2.45, 2.75) is 20.3 Å². The number of anilines is 1. The van der Waals surface area contributed by atoms with Crippen LogP contribution in [-0.2, 0) is 0 Å². The SMILES string of the molecule is CCCOc1ccccc1-c1nc(N)ncc1C. The monoisotopic (exact) mass is 243 g/mol. The summed E-state index contributed by atoms with van der Waals surface area (Å²) in [5.41, 5.74) is 8.42. The largest absolute Gasteiger partial charge is 0.493 e. The normalized spacial score (nSPS) is 10.3. The molecular weight excluding hydrogens is 226 g/mol. The molecule has 2 aromatic rings. The molecule has 4 nitrogen and oxygen atoms in total. The molecule has 18 heavy (non-hydrogen) atoms. The first kappa shape index (κ1) is 12.4. The summed E-state index contributed by atoms with van der Waals surface area (Å²) in [4.78, 5) is 8.28. The van der Waals surface area contributed by atoms with Gasteiger partial charge in [-0.15, -0.1) is 0 Å². The molecular formula is C14H17N3O. The Balaban J connectivity index is 2.46. The van der Waals surface area contributed by atoms with Crippen LogP contribution >= 0.6 is 0 Å². The maximum absolute atomic E-state index is 5.73. The molecule has 0 aliphatic heterocycles. The highest BCUT2D eigenvalue weighted by molar-refractivity contribution is 5.70. The Bertz CT molecular complexity index is 540. The van der Waals surface area contributed by atoms with Gasteiger partial charge in [0, 0.05) is 11.8 Å². The summed E-state index contributed by atoms with van der Waals surface area (Å²) in [5, 5.41) is 0. The lowest BCUT2D eigenvalue weighted by Gasteiger charge is -2.12. The van der Waals surface area contributed by atoms with Gasteiger partial charge in [0.05, 0.1) is 12.3 Å². The van der Waals surface area contributed by atoms with E-state index >= 15 is 0 Å². The lowest BCUT2D eigenvalue weighted by molar-refractivity contribution is 0.318. The third kappa shape index (κ3) is 2.59. The number of hydrogen-bond donors (Lipinski definition) is 1. The Labute approximate surface area is 107 Å². The van der Waals surface area contributed by atoms with Crippen LogP contribution in [0, 0.1) is 6.92 Å². The molecule has 1 heterocycles. The molecule has 0 fully saturated rings. The molecule has 0 unspecified atom stereocenters. The summed E-state index contributed by atoms with van der Waals surface area (Å²) in [5.74, 6) is 1.11. The minimum atomic E-state index is 0.279. The molecule has 0 atom stereocenters. The van der Waals surface area contributed by atoms with Gasteiger partial charge < -0.3 is 10.5 Å². The van der Waals surface area contributed by atoms with Crippen molar-refractivity contribution in [3.8, 4) is 17.0 Å². The summed E-state index contributed by atoms with van der Waals surface area (Å²) in [6, 6.07) is 7.85. The minimum absolute atomic E-state index is 0.279. The van der Waals surface area contributed by atoms with Crippen molar-refractivity contribution in [2.75, 3.05) is 12.3 Å². The highest BCUT2D eigenvalue weighted by Crippen LogP contribution is 2.30. The summed E-state index contributed by atoms with van der Waals surface area (Å²) in [6.45, 7) is 4.73. The highest BCUT2D eigenvalue weighted by atomic mass is 16.5. The number of ether oxygens (including phenoxy) is 1. The second-order valence-corrected chi connectivity index (χ2v) is 4.10. The van der Waals surface area contributed by atoms with Gasteiger partial charge in [0.1, 0.15) is 5.75 Å². The van der Waals surface area contributed by atoms with Crippen molar-refractivity contribution >= 4 is 5.95 Å². The van der Waals surface area contributed by atoms with E-state index in [1.165, 1.54) is 0 Å². The Kier molecular flexibility index (Phi) is 3.77. The molecule has 94 valence electrons. The number of nitrogen functional groups attached to an aromatic ring is 1. The van der Waals surface area contributed by atoms with Gasteiger partial charge in [-0.1, -0.05) is 19.1 Å². The van der Waals surface area contributed by atoms with Crippen molar-refractivity contribution in [3.63, 3.8) is 0 Å². The number of benzene rings is 1. The lowest BCUT2D eigenvalue weighted by Crippen LogP contribution is -2.01. The first-order valence-corrected chi connectivity index (χ1v) is 6.03. The Morgan fingerprint density at radius 1 is 1.28 bits per heavy atom. The third-order valence-corrected chi connectivity index (χ3v) is 2.59. The second kappa shape index (κ2) is 5.49. The summed E-state index contributed by atoms with van der Waals surface area (Å²) in [6.07, 6.45) is 2.70. The first-order chi connectivity index (χ1) is 8.72. The Morgan fingerprint density at radius 3 is 2.83 bits per heavy atom. The van der Waals surface area contributed by atoms with Gasteiger partial charge >= 0.3 is 0 Å². The van der Waals surface area contributed by atoms with E-state index in [2.05, 4.69) is 16.9 Å². The smallest absolute Gasteiger partial charge is 0.220 e. The van der Waals surface area contributed by atoms with Gasteiger partial charge in [0.25, 0.3) is 0 Å². The molecule has 0 saturated heterocycles. The van der Waals surface area contributed by atoms with E-state index < -0.39 is 0 Å². The van der Waals surface area contributed by atoms with Crippen LogP contribution in [0.2, 0.25) is 0 Å². The molecule has 0 radical (unpaired) electrons. The predicted molar refractivity (Wildman–Crippen MR) is 72.4 cm³/mol. The molecule has 1 aromatic heterocycles. The molecule has 4 heteroatoms. The number of rotatable bonds is 4. The van der Waals surface area contributed by atoms with Crippen LogP contribution in [0.5, 0.6) is 5.75 Å². The number of hydrogen-bond acceptors (Lipinski definition) is 4. The number of aryl methyl sites for hydroxylation is 1. The van der Waals surface area contributed by atoms with E-state index in [0.29, 0.717) is 6.61 Å². The van der Waals surface area contributed by atoms with E-state index in [9.17, 15) is 0 Å². The molecule has 1 aromatic carbocycles. The summed E-state index contributed by atoms with van der Waals surface area (Å²) < 4.78 is 5.73. The molecule has 2 rings (SSSR count). The van der Waals surface area contributed by atoms with Crippen molar-refractivity contribution < 1.29 is 4.74 Å². The van der Waals surface area contributed by atoms with E-state index in [0.717, 1.165) is 29.0 Å². The predicted octanol–water partition coefficient (Wildman–Crippen LogP) is 2.82. The zero-order valence-corrected chi connectivity index (χ0v) is 10.7. The number of nitrogens with zero attached hydrogens (tertiary/aromatic N) is 2. The second-order valence-electron chi connectivity index (χ2n) is 4.10. The van der Waals surface area contributed by atoms with Gasteiger partial charge in [0.15, 0.2) is 0 Å². The van der Waals surface area contributed by atoms with Crippen LogP contribution in [0.4, 0.5) is 5.95 Å². The molecule has 0 aliphatic rings. The van der Waals surface area contributed by atoms with Gasteiger partial charge in [-0.2, -0.15) is 0 Å². The number of aromatic nitrogens is 2. The van der Waals surface area contributed by atoms with Crippen molar-refractivity contribution in [1.82, 2.24) is 9.97 Å². The van der Waals surface area contributed by atoms with Gasteiger partial charge in [-0.25, -0.2) is 9.97 Å². The van der Waals surface area contributed by atoms with Crippen LogP contribution in [0.3, 0.4) is 0 Å². The summed E-state index contributed by atoms with van der Waals surface area (Å²) >= 11 is 0. The van der Waals surface area contributed by atoms with Crippen LogP contribution in [0.25, 0.3) is 11.3 Å². The van der Waals surface area contributed by atoms with Crippen molar-refractivity contribution in [3.05, 3.63) is 36.0 Å². The summed E-state index contributed by atoms with van der Waals surface area (Å²) in [7, 11) is 0. The topological polar surface area (TPSA) is 61.0 Å². The highest BCUT2D eigenvalue weighted by Gasteiger charge is 2.10. The van der Waals surface area contributed by atoms with Gasteiger partial charge in [-0.05, 0) is 31.0 Å². The van der Waals surface area contributed by atoms with Gasteiger partial charge in [-0.3, -0.25) is 0 Å². The van der Waals surface area contributed by atoms with E-state index in [-0.39, 0.29) is 5.95 Å². The quantitative estimate of drug-likeness (QED) is 0.897. The standard InChI is InChI=1S/C14H17N3O/c1-3-8-18-12-7-5-4-6-11(12)13-10(2)9-16-14(15)17-13/h4-7,9H,3,8H2,1-2H3,(H2,15,16,17). The fourth-order valence-corrected chi connectivity index (χ4v) is 1.73. The maximum atomic E-state index is 5.73. The average molecular weight is 243 g/mol. The van der Waals surface area contributed by atoms with E-state index in [4.69, 9.17) is 10.5 Å². The molecule has 0 spiro atoms. The molecule has 2 N–H and O–H groups in total. The fraction of sp³-hybridized carbons (Fsp3) is 0.286. The molecule has 0 saturated carbocycles. The van der Waals surface area contributed by atoms with Crippen LogP contribution in [0.15, 0.2) is 30.5 Å². The fourth-order valence-electron chi connectivity index (χ4n) is 1.73. The molecule has 0 bridgehead atoms. The van der Waals surface area contributed by atoms with Crippen LogP contribution < -0.4 is 10.5 Å². The minimum Gasteiger partial charge on any atom is -0.493 e. The molecule has 0 aliphatic carbocycles. The van der Waals surface area contributed by atoms with Crippen molar-refractivity contribution in [2.24, 2.45) is 0 Å². The Morgan fingerprint density at radius 2 is 2.06 bits per heavy atom. The van der Waals surface area contributed by atoms with Crippen molar-refractivity contribution in [1.29, 1.82) is 0 Å². The lowest BCUT2D eigenvalue weighted by atomic mass is 10.1. The zero-order valence-electron chi connectivity index (χ0n) is 10.7. The van der Waals surface area contributed by atoms with Gasteiger partial charge in [0.2, 0.25) is 5.95 Å². The Hall–Kier alpha value is -2.10. The van der Waals surface area contributed by atoms with Crippen LogP contribution in [-0.4, -0.2) is 16.6 Å². The zero-order chi connectivity index (χ0) is 13.0. The molecule has 0 amide bonds. The number of nitrogens with two attached hydrogens (primary N) is 1. The average Bonchev–Trinajstić information content (AvgIpc) is 2.39. The van der Waals surface area contributed by atoms with E-state index in [1.54, 1.807) is 6.20 Å². The number of para-hydroxylation sites is 1.